The zero-order valence-corrected chi connectivity index (χ0v) is 15.2. The van der Waals surface area contributed by atoms with Crippen molar-refractivity contribution in [2.24, 2.45) is 16.6 Å². The van der Waals surface area contributed by atoms with Gasteiger partial charge in [-0.2, -0.15) is 0 Å². The number of ether oxygens (including phenoxy) is 1. The lowest BCUT2D eigenvalue weighted by atomic mass is 9.91. The van der Waals surface area contributed by atoms with Crippen molar-refractivity contribution in [3.63, 3.8) is 0 Å². The van der Waals surface area contributed by atoms with E-state index in [2.05, 4.69) is 25.8 Å². The first-order chi connectivity index (χ1) is 11.4. The Morgan fingerprint density at radius 3 is 2.54 bits per heavy atom. The Balaban J connectivity index is 2.01. The lowest BCUT2D eigenvalue weighted by Crippen LogP contribution is -2.43. The first-order valence-corrected chi connectivity index (χ1v) is 8.74. The summed E-state index contributed by atoms with van der Waals surface area (Å²) in [7, 11) is 0. The number of aliphatic imine (C=N–C) groups is 1. The van der Waals surface area contributed by atoms with Crippen LogP contribution < -0.4 is 10.5 Å². The average molecular weight is 331 g/mol. The Morgan fingerprint density at radius 1 is 1.29 bits per heavy atom. The predicted molar refractivity (Wildman–Crippen MR) is 96.9 cm³/mol. The molecule has 0 aliphatic carbocycles. The topological polar surface area (TPSA) is 67.9 Å². The van der Waals surface area contributed by atoms with Gasteiger partial charge in [0.2, 0.25) is 0 Å². The van der Waals surface area contributed by atoms with Crippen molar-refractivity contribution in [3.05, 3.63) is 29.8 Å². The molecule has 2 N–H and O–H groups in total. The lowest BCUT2D eigenvalue weighted by Gasteiger charge is -2.23. The van der Waals surface area contributed by atoms with Crippen molar-refractivity contribution in [3.8, 4) is 5.75 Å². The molecule has 1 unspecified atom stereocenters. The molecule has 5 nitrogen and oxygen atoms in total. The van der Waals surface area contributed by atoms with Crippen LogP contribution in [-0.2, 0) is 11.3 Å². The SMILES string of the molecule is CCCCOc1ccc(CN2C(=O)C(C)(CC(C)C)N=C2N)cc1. The minimum absolute atomic E-state index is 0.0167. The molecule has 132 valence electrons. The van der Waals surface area contributed by atoms with Gasteiger partial charge in [-0.25, -0.2) is 4.99 Å². The minimum Gasteiger partial charge on any atom is -0.494 e. The van der Waals surface area contributed by atoms with E-state index >= 15 is 0 Å². The van der Waals surface area contributed by atoms with Crippen LogP contribution >= 0.6 is 0 Å². The molecule has 0 saturated carbocycles. The van der Waals surface area contributed by atoms with Crippen molar-refractivity contribution >= 4 is 11.9 Å². The number of amides is 1. The summed E-state index contributed by atoms with van der Waals surface area (Å²) in [5.74, 6) is 1.53. The van der Waals surface area contributed by atoms with Crippen molar-refractivity contribution in [1.29, 1.82) is 0 Å². The number of benzene rings is 1. The maximum atomic E-state index is 12.7. The Labute approximate surface area is 144 Å². The van der Waals surface area contributed by atoms with Crippen LogP contribution in [0.25, 0.3) is 0 Å². The number of rotatable bonds is 8. The van der Waals surface area contributed by atoms with Gasteiger partial charge in [-0.3, -0.25) is 9.69 Å². The van der Waals surface area contributed by atoms with Crippen LogP contribution in [0.1, 0.15) is 52.5 Å². The number of carbonyl (C=O) groups is 1. The van der Waals surface area contributed by atoms with Crippen LogP contribution in [0.15, 0.2) is 29.3 Å². The standard InChI is InChI=1S/C19H29N3O2/c1-5-6-11-24-16-9-7-15(8-10-16)13-22-17(23)19(4,12-14(2)3)21-18(22)20/h7-10,14H,5-6,11-13H2,1-4H3,(H2,20,21). The molecule has 0 saturated heterocycles. The third-order valence-corrected chi connectivity index (χ3v) is 4.18. The van der Waals surface area contributed by atoms with Gasteiger partial charge in [0.25, 0.3) is 5.91 Å². The number of unbranched alkanes of at least 4 members (excludes halogenated alkanes) is 1. The lowest BCUT2D eigenvalue weighted by molar-refractivity contribution is -0.131. The molecular formula is C19H29N3O2. The summed E-state index contributed by atoms with van der Waals surface area (Å²) < 4.78 is 5.66. The molecule has 5 heteroatoms. The molecule has 1 aliphatic rings. The van der Waals surface area contributed by atoms with Crippen molar-refractivity contribution in [2.75, 3.05) is 6.61 Å². The highest BCUT2D eigenvalue weighted by Crippen LogP contribution is 2.29. The van der Waals surface area contributed by atoms with Gasteiger partial charge in [0.05, 0.1) is 13.2 Å². The van der Waals surface area contributed by atoms with E-state index in [0.29, 0.717) is 24.8 Å². The predicted octanol–water partition coefficient (Wildman–Crippen LogP) is 3.33. The summed E-state index contributed by atoms with van der Waals surface area (Å²) in [6.07, 6.45) is 2.86. The van der Waals surface area contributed by atoms with Gasteiger partial charge in [-0.15, -0.1) is 0 Å². The molecule has 1 heterocycles. The fraction of sp³-hybridized carbons (Fsp3) is 0.579. The molecule has 0 bridgehead atoms. The maximum absolute atomic E-state index is 12.7. The molecule has 1 aliphatic heterocycles. The molecular weight excluding hydrogens is 302 g/mol. The zero-order chi connectivity index (χ0) is 17.7. The molecule has 0 fully saturated rings. The smallest absolute Gasteiger partial charge is 0.257 e. The van der Waals surface area contributed by atoms with Crippen LogP contribution in [0.4, 0.5) is 0 Å². The Kier molecular flexibility index (Phi) is 5.86. The molecule has 24 heavy (non-hydrogen) atoms. The van der Waals surface area contributed by atoms with Gasteiger partial charge in [0, 0.05) is 0 Å². The summed E-state index contributed by atoms with van der Waals surface area (Å²) in [5.41, 5.74) is 6.29. The van der Waals surface area contributed by atoms with Crippen molar-refractivity contribution in [1.82, 2.24) is 4.90 Å². The number of guanidine groups is 1. The summed E-state index contributed by atoms with van der Waals surface area (Å²) in [4.78, 5) is 18.7. The fourth-order valence-corrected chi connectivity index (χ4v) is 3.04. The van der Waals surface area contributed by atoms with Gasteiger partial charge < -0.3 is 10.5 Å². The number of hydrogen-bond donors (Lipinski definition) is 1. The van der Waals surface area contributed by atoms with Gasteiger partial charge in [0.15, 0.2) is 5.96 Å². The molecule has 0 radical (unpaired) electrons. The van der Waals surface area contributed by atoms with Crippen molar-refractivity contribution < 1.29 is 9.53 Å². The van der Waals surface area contributed by atoms with E-state index < -0.39 is 5.54 Å². The number of nitrogens with two attached hydrogens (primary N) is 1. The van der Waals surface area contributed by atoms with E-state index in [4.69, 9.17) is 10.5 Å². The first kappa shape index (κ1) is 18.3. The van der Waals surface area contributed by atoms with E-state index in [9.17, 15) is 4.79 Å². The maximum Gasteiger partial charge on any atom is 0.257 e. The van der Waals surface area contributed by atoms with Gasteiger partial charge in [0.1, 0.15) is 11.3 Å². The summed E-state index contributed by atoms with van der Waals surface area (Å²) in [5, 5.41) is 0. The molecule has 1 aromatic carbocycles. The van der Waals surface area contributed by atoms with Crippen LogP contribution in [-0.4, -0.2) is 28.9 Å². The highest BCUT2D eigenvalue weighted by Gasteiger charge is 2.43. The summed E-state index contributed by atoms with van der Waals surface area (Å²) in [6.45, 7) is 9.35. The van der Waals surface area contributed by atoms with Crippen LogP contribution in [0, 0.1) is 5.92 Å². The summed E-state index contributed by atoms with van der Waals surface area (Å²) >= 11 is 0. The highest BCUT2D eigenvalue weighted by molar-refractivity contribution is 6.06. The number of hydrogen-bond acceptors (Lipinski definition) is 4. The van der Waals surface area contributed by atoms with E-state index in [-0.39, 0.29) is 5.91 Å². The van der Waals surface area contributed by atoms with E-state index in [1.54, 1.807) is 4.90 Å². The Hall–Kier alpha value is -2.04. The molecule has 1 atom stereocenters. The summed E-state index contributed by atoms with van der Waals surface area (Å²) in [6, 6.07) is 7.82. The molecule has 1 aromatic rings. The second kappa shape index (κ2) is 7.69. The van der Waals surface area contributed by atoms with Gasteiger partial charge in [-0.05, 0) is 43.4 Å². The van der Waals surface area contributed by atoms with E-state index in [0.717, 1.165) is 30.8 Å². The second-order valence-corrected chi connectivity index (χ2v) is 7.08. The van der Waals surface area contributed by atoms with Crippen molar-refractivity contribution in [2.45, 2.75) is 59.0 Å². The average Bonchev–Trinajstić information content (AvgIpc) is 2.71. The molecule has 0 spiro atoms. The number of carbonyl (C=O) groups excluding carboxylic acids is 1. The fourth-order valence-electron chi connectivity index (χ4n) is 3.04. The quantitative estimate of drug-likeness (QED) is 0.743. The second-order valence-electron chi connectivity index (χ2n) is 7.08. The normalized spacial score (nSPS) is 20.6. The molecule has 2 rings (SSSR count). The van der Waals surface area contributed by atoms with Crippen LogP contribution in [0.2, 0.25) is 0 Å². The van der Waals surface area contributed by atoms with E-state index in [1.807, 2.05) is 31.2 Å². The van der Waals surface area contributed by atoms with Crippen LogP contribution in [0.5, 0.6) is 5.75 Å². The largest absolute Gasteiger partial charge is 0.494 e. The van der Waals surface area contributed by atoms with E-state index in [1.165, 1.54) is 0 Å². The minimum atomic E-state index is -0.735. The third-order valence-electron chi connectivity index (χ3n) is 4.18. The van der Waals surface area contributed by atoms with Gasteiger partial charge in [-0.1, -0.05) is 39.3 Å². The van der Waals surface area contributed by atoms with Gasteiger partial charge >= 0.3 is 0 Å². The number of nitrogens with zero attached hydrogens (tertiary/aromatic N) is 2. The third kappa shape index (κ3) is 4.28. The molecule has 0 aromatic heterocycles. The monoisotopic (exact) mass is 331 g/mol. The Bertz CT molecular complexity index is 595. The first-order valence-electron chi connectivity index (χ1n) is 8.74. The highest BCUT2D eigenvalue weighted by atomic mass is 16.5. The zero-order valence-electron chi connectivity index (χ0n) is 15.2. The van der Waals surface area contributed by atoms with Crippen LogP contribution in [0.3, 0.4) is 0 Å². The molecule has 1 amide bonds. The Morgan fingerprint density at radius 2 is 1.96 bits per heavy atom.